The Kier molecular flexibility index (Phi) is 10.6. The van der Waals surface area contributed by atoms with E-state index in [1.807, 2.05) is 65.1 Å². The zero-order valence-corrected chi connectivity index (χ0v) is 27.3. The van der Waals surface area contributed by atoms with Crippen molar-refractivity contribution < 1.29 is 34.8 Å². The van der Waals surface area contributed by atoms with E-state index in [1.54, 1.807) is 0 Å². The van der Waals surface area contributed by atoms with Gasteiger partial charge in [0.25, 0.3) is 0 Å². The summed E-state index contributed by atoms with van der Waals surface area (Å²) in [4.78, 5) is 29.2. The first-order chi connectivity index (χ1) is 19.0. The molecule has 5 heteroatoms. The standard InChI is InChI=1S/C25H18NO.C11H20O2.Ir/c1-14-10-15(2)12-17(11-14)24-18-7-5-9-20-23(18)21(13-26-24)22-16(3)6-4-8-19(22)25(20)27;1-8(2)5-10(12)7-11(13)6-9(3)4;/h4-11,13H,1-3H3;7-9,12H,5-6H2,1-4H3;/q-1;;/b;10-7-;. The number of nitrogens with zero attached hydrogens (tertiary/aromatic N) is 1. The third-order valence-corrected chi connectivity index (χ3v) is 6.90. The quantitative estimate of drug-likeness (QED) is 0.108. The minimum absolute atomic E-state index is 0. The molecule has 0 atom stereocenters. The van der Waals surface area contributed by atoms with Crippen molar-refractivity contribution in [3.05, 3.63) is 100 Å². The van der Waals surface area contributed by atoms with Crippen LogP contribution in [0.2, 0.25) is 0 Å². The average molecular weight is 725 g/mol. The number of fused-ring (bicyclic) bond motifs is 2. The van der Waals surface area contributed by atoms with Crippen molar-refractivity contribution in [1.82, 2.24) is 4.98 Å². The maximum atomic E-state index is 13.2. The Bertz CT molecular complexity index is 1610. The molecule has 0 amide bonds. The van der Waals surface area contributed by atoms with Gasteiger partial charge in [0.2, 0.25) is 0 Å². The molecule has 4 aromatic rings. The summed E-state index contributed by atoms with van der Waals surface area (Å²) in [6.07, 6.45) is 4.39. The Labute approximate surface area is 257 Å². The Balaban J connectivity index is 0.000000284. The third-order valence-electron chi connectivity index (χ3n) is 6.90. The van der Waals surface area contributed by atoms with E-state index in [1.165, 1.54) is 11.6 Å². The molecule has 41 heavy (non-hydrogen) atoms. The van der Waals surface area contributed by atoms with Crippen LogP contribution in [-0.2, 0) is 24.9 Å². The van der Waals surface area contributed by atoms with Gasteiger partial charge in [-0.2, -0.15) is 0 Å². The van der Waals surface area contributed by atoms with E-state index in [0.717, 1.165) is 55.4 Å². The summed E-state index contributed by atoms with van der Waals surface area (Å²) in [6, 6.07) is 19.5. The second-order valence-electron chi connectivity index (χ2n) is 11.6. The van der Waals surface area contributed by atoms with Crippen molar-refractivity contribution in [2.24, 2.45) is 11.8 Å². The van der Waals surface area contributed by atoms with Gasteiger partial charge in [-0.15, -0.1) is 34.9 Å². The molecule has 4 nitrogen and oxygen atoms in total. The number of carbonyl (C=O) groups excluding carboxylic acids is 2. The molecule has 0 saturated carbocycles. The minimum Gasteiger partial charge on any atom is -0.512 e. The number of ketones is 2. The number of aliphatic hydroxyl groups is 1. The van der Waals surface area contributed by atoms with Crippen molar-refractivity contribution >= 4 is 22.3 Å². The summed E-state index contributed by atoms with van der Waals surface area (Å²) < 4.78 is 0. The number of aromatic nitrogens is 1. The fourth-order valence-corrected chi connectivity index (χ4v) is 5.40. The molecule has 1 aliphatic carbocycles. The molecule has 0 fully saturated rings. The van der Waals surface area contributed by atoms with Gasteiger partial charge in [0.15, 0.2) is 11.6 Å². The first kappa shape index (κ1) is 32.1. The maximum Gasteiger partial charge on any atom is 0.194 e. The van der Waals surface area contributed by atoms with Crippen molar-refractivity contribution in [2.45, 2.75) is 61.3 Å². The summed E-state index contributed by atoms with van der Waals surface area (Å²) in [5, 5.41) is 11.4. The number of hydrogen-bond donors (Lipinski definition) is 1. The Morgan fingerprint density at radius 2 is 1.59 bits per heavy atom. The first-order valence-corrected chi connectivity index (χ1v) is 14.0. The molecular formula is C36H38IrNO3-. The molecule has 0 saturated heterocycles. The number of benzene rings is 3. The van der Waals surface area contributed by atoms with Gasteiger partial charge in [0.1, 0.15) is 0 Å². The van der Waals surface area contributed by atoms with Crippen molar-refractivity contribution in [1.29, 1.82) is 0 Å². The first-order valence-electron chi connectivity index (χ1n) is 14.0. The zero-order chi connectivity index (χ0) is 29.1. The van der Waals surface area contributed by atoms with Crippen LogP contribution in [0.3, 0.4) is 0 Å². The van der Waals surface area contributed by atoms with Gasteiger partial charge in [-0.1, -0.05) is 77.9 Å². The monoisotopic (exact) mass is 725 g/mol. The summed E-state index contributed by atoms with van der Waals surface area (Å²) in [7, 11) is 0. The number of pyridine rings is 1. The number of hydrogen-bond acceptors (Lipinski definition) is 4. The molecular weight excluding hydrogens is 687 g/mol. The van der Waals surface area contributed by atoms with Gasteiger partial charge < -0.3 is 10.1 Å². The summed E-state index contributed by atoms with van der Waals surface area (Å²) in [5.41, 5.74) is 8.80. The number of rotatable bonds is 6. The molecule has 1 aromatic heterocycles. The van der Waals surface area contributed by atoms with Gasteiger partial charge in [-0.25, -0.2) is 0 Å². The molecule has 1 N–H and O–H groups in total. The normalized spacial score (nSPS) is 12.1. The molecule has 0 spiro atoms. The predicted molar refractivity (Wildman–Crippen MR) is 164 cm³/mol. The molecule has 0 unspecified atom stereocenters. The summed E-state index contributed by atoms with van der Waals surface area (Å²) in [6.45, 7) is 14.2. The van der Waals surface area contributed by atoms with E-state index in [2.05, 4.69) is 44.2 Å². The van der Waals surface area contributed by atoms with Crippen LogP contribution in [0.4, 0.5) is 0 Å². The van der Waals surface area contributed by atoms with Crippen LogP contribution in [0.1, 0.15) is 73.1 Å². The van der Waals surface area contributed by atoms with Gasteiger partial charge in [0.05, 0.1) is 5.76 Å². The van der Waals surface area contributed by atoms with Crippen LogP contribution < -0.4 is 0 Å². The van der Waals surface area contributed by atoms with Gasteiger partial charge >= 0.3 is 0 Å². The minimum atomic E-state index is 0. The number of allylic oxidation sites excluding steroid dienone is 2. The van der Waals surface area contributed by atoms with Gasteiger partial charge in [-0.3, -0.25) is 9.59 Å². The Morgan fingerprint density at radius 1 is 0.927 bits per heavy atom. The van der Waals surface area contributed by atoms with Crippen LogP contribution in [0.25, 0.3) is 33.2 Å². The van der Waals surface area contributed by atoms with Crippen molar-refractivity contribution in [2.75, 3.05) is 0 Å². The smallest absolute Gasteiger partial charge is 0.194 e. The molecule has 0 bridgehead atoms. The van der Waals surface area contributed by atoms with E-state index in [0.29, 0.717) is 24.7 Å². The molecule has 3 aromatic carbocycles. The summed E-state index contributed by atoms with van der Waals surface area (Å²) in [5.74, 6) is 1.07. The largest absolute Gasteiger partial charge is 0.512 e. The van der Waals surface area contributed by atoms with E-state index >= 15 is 0 Å². The molecule has 1 heterocycles. The number of carbonyl (C=O) groups is 2. The summed E-state index contributed by atoms with van der Waals surface area (Å²) >= 11 is 0. The fraction of sp³-hybridized carbons (Fsp3) is 0.306. The number of aryl methyl sites for hydroxylation is 3. The van der Waals surface area contributed by atoms with Crippen LogP contribution in [-0.4, -0.2) is 21.7 Å². The van der Waals surface area contributed by atoms with Crippen molar-refractivity contribution in [3.8, 4) is 22.4 Å². The molecule has 0 aliphatic heterocycles. The third kappa shape index (κ3) is 7.28. The Hall–Kier alpha value is -3.40. The van der Waals surface area contributed by atoms with Gasteiger partial charge in [-0.05, 0) is 46.4 Å². The average Bonchev–Trinajstić information content (AvgIpc) is 2.85. The van der Waals surface area contributed by atoms with E-state index in [-0.39, 0.29) is 37.4 Å². The van der Waals surface area contributed by atoms with Crippen LogP contribution in [0, 0.1) is 38.7 Å². The fourth-order valence-electron chi connectivity index (χ4n) is 5.40. The SMILES string of the molecule is CC(C)CC(=O)/C=C(\O)CC(C)C.Cc1[c-]c(-c2ncc3c4c(cccc24)C(=O)c2cccc(C)c2-3)cc(C)c1.[Ir]. The predicted octanol–water partition coefficient (Wildman–Crippen LogP) is 8.93. The molecule has 1 radical (unpaired) electrons. The van der Waals surface area contributed by atoms with Crippen LogP contribution in [0.5, 0.6) is 0 Å². The second kappa shape index (κ2) is 13.5. The zero-order valence-electron chi connectivity index (χ0n) is 24.9. The molecule has 5 rings (SSSR count). The van der Waals surface area contributed by atoms with Crippen molar-refractivity contribution in [3.63, 3.8) is 0 Å². The van der Waals surface area contributed by atoms with Crippen LogP contribution >= 0.6 is 0 Å². The van der Waals surface area contributed by atoms with Gasteiger partial charge in [0, 0.05) is 61.9 Å². The van der Waals surface area contributed by atoms with E-state index in [4.69, 9.17) is 4.98 Å². The number of aliphatic hydroxyl groups excluding tert-OH is 1. The van der Waals surface area contributed by atoms with E-state index in [9.17, 15) is 14.7 Å². The molecule has 215 valence electrons. The second-order valence-corrected chi connectivity index (χ2v) is 11.6. The van der Waals surface area contributed by atoms with Crippen LogP contribution in [0.15, 0.2) is 66.6 Å². The molecule has 1 aliphatic rings. The van der Waals surface area contributed by atoms with E-state index < -0.39 is 0 Å². The topological polar surface area (TPSA) is 67.3 Å². The maximum absolute atomic E-state index is 13.2. The Morgan fingerprint density at radius 3 is 2.24 bits per heavy atom.